The molecule has 0 fully saturated rings. The molecule has 0 aliphatic carbocycles. The van der Waals surface area contributed by atoms with E-state index in [1.54, 1.807) is 19.9 Å². The Labute approximate surface area is 109 Å². The van der Waals surface area contributed by atoms with Crippen LogP contribution in [0.2, 0.25) is 5.28 Å². The molecule has 18 heavy (non-hydrogen) atoms. The zero-order chi connectivity index (χ0) is 13.1. The third kappa shape index (κ3) is 2.65. The summed E-state index contributed by atoms with van der Waals surface area (Å²) in [5, 5.41) is 4.18. The molecule has 0 radical (unpaired) electrons. The first-order valence-electron chi connectivity index (χ1n) is 5.33. The number of esters is 1. The van der Waals surface area contributed by atoms with Gasteiger partial charge in [0, 0.05) is 18.0 Å². The van der Waals surface area contributed by atoms with E-state index in [2.05, 4.69) is 15.1 Å². The topological polar surface area (TPSA) is 69.9 Å². The molecule has 2 rings (SSSR count). The second kappa shape index (κ2) is 5.14. The predicted molar refractivity (Wildman–Crippen MR) is 64.9 cm³/mol. The predicted octanol–water partition coefficient (Wildman–Crippen LogP) is 1.80. The molecule has 0 aliphatic rings. The van der Waals surface area contributed by atoms with E-state index >= 15 is 0 Å². The zero-order valence-corrected chi connectivity index (χ0v) is 10.7. The van der Waals surface area contributed by atoms with Gasteiger partial charge in [0.1, 0.15) is 0 Å². The maximum Gasteiger partial charge on any atom is 0.341 e. The van der Waals surface area contributed by atoms with Gasteiger partial charge < -0.3 is 4.74 Å². The number of nitrogens with zero attached hydrogens (tertiary/aromatic N) is 4. The summed E-state index contributed by atoms with van der Waals surface area (Å²) in [7, 11) is 0. The van der Waals surface area contributed by atoms with Gasteiger partial charge >= 0.3 is 5.97 Å². The summed E-state index contributed by atoms with van der Waals surface area (Å²) >= 11 is 5.76. The summed E-state index contributed by atoms with van der Waals surface area (Å²) in [5.74, 6) is 0.0867. The van der Waals surface area contributed by atoms with Crippen LogP contribution >= 0.6 is 11.6 Å². The molecule has 2 aromatic heterocycles. The van der Waals surface area contributed by atoms with Crippen LogP contribution in [0, 0.1) is 6.92 Å². The summed E-state index contributed by atoms with van der Waals surface area (Å²) in [4.78, 5) is 19.5. The Bertz CT molecular complexity index is 562. The van der Waals surface area contributed by atoms with Crippen LogP contribution in [0.3, 0.4) is 0 Å². The summed E-state index contributed by atoms with van der Waals surface area (Å²) in [6.45, 7) is 3.87. The van der Waals surface area contributed by atoms with Gasteiger partial charge in [-0.1, -0.05) is 0 Å². The molecule has 2 aromatic rings. The molecule has 0 amide bonds. The molecular formula is C11H11ClN4O2. The van der Waals surface area contributed by atoms with Gasteiger partial charge in [0.15, 0.2) is 5.82 Å². The SMILES string of the molecule is CCOC(=O)c1cnn(-c2cc(C)nc(Cl)n2)c1. The average molecular weight is 267 g/mol. The highest BCUT2D eigenvalue weighted by molar-refractivity contribution is 6.28. The summed E-state index contributed by atoms with van der Waals surface area (Å²) in [5.41, 5.74) is 1.09. The van der Waals surface area contributed by atoms with Crippen molar-refractivity contribution in [1.82, 2.24) is 19.7 Å². The first-order chi connectivity index (χ1) is 8.60. The summed E-state index contributed by atoms with van der Waals surface area (Å²) < 4.78 is 6.32. The monoisotopic (exact) mass is 266 g/mol. The third-order valence-corrected chi connectivity index (χ3v) is 2.31. The van der Waals surface area contributed by atoms with E-state index in [4.69, 9.17) is 16.3 Å². The second-order valence-electron chi connectivity index (χ2n) is 3.53. The number of rotatable bonds is 3. The molecule has 0 saturated carbocycles. The van der Waals surface area contributed by atoms with Gasteiger partial charge in [0.05, 0.1) is 18.4 Å². The number of aryl methyl sites for hydroxylation is 1. The van der Waals surface area contributed by atoms with E-state index in [1.165, 1.54) is 17.1 Å². The van der Waals surface area contributed by atoms with Gasteiger partial charge in [-0.3, -0.25) is 0 Å². The molecule has 0 saturated heterocycles. The van der Waals surface area contributed by atoms with Crippen molar-refractivity contribution < 1.29 is 9.53 Å². The van der Waals surface area contributed by atoms with Gasteiger partial charge in [0.25, 0.3) is 0 Å². The number of halogens is 1. The zero-order valence-electron chi connectivity index (χ0n) is 9.92. The fourth-order valence-corrected chi connectivity index (χ4v) is 1.62. The number of hydrogen-bond acceptors (Lipinski definition) is 5. The quantitative estimate of drug-likeness (QED) is 0.626. The Morgan fingerprint density at radius 3 is 2.94 bits per heavy atom. The largest absolute Gasteiger partial charge is 0.462 e. The van der Waals surface area contributed by atoms with Crippen LogP contribution < -0.4 is 0 Å². The minimum atomic E-state index is -0.416. The van der Waals surface area contributed by atoms with Crippen molar-refractivity contribution in [3.05, 3.63) is 35.0 Å². The highest BCUT2D eigenvalue weighted by atomic mass is 35.5. The van der Waals surface area contributed by atoms with Crippen molar-refractivity contribution in [3.8, 4) is 5.82 Å². The number of carbonyl (C=O) groups is 1. The van der Waals surface area contributed by atoms with Crippen molar-refractivity contribution in [2.75, 3.05) is 6.61 Å². The summed E-state index contributed by atoms with van der Waals surface area (Å²) in [6.07, 6.45) is 2.96. The van der Waals surface area contributed by atoms with E-state index in [1.807, 2.05) is 0 Å². The number of hydrogen-bond donors (Lipinski definition) is 0. The van der Waals surface area contributed by atoms with Crippen LogP contribution in [0.1, 0.15) is 23.0 Å². The Hall–Kier alpha value is -1.95. The van der Waals surface area contributed by atoms with Crippen molar-refractivity contribution in [3.63, 3.8) is 0 Å². The second-order valence-corrected chi connectivity index (χ2v) is 3.87. The normalized spacial score (nSPS) is 10.4. The molecule has 94 valence electrons. The lowest BCUT2D eigenvalue weighted by atomic mass is 10.4. The molecular weight excluding hydrogens is 256 g/mol. The fraction of sp³-hybridized carbons (Fsp3) is 0.273. The van der Waals surface area contributed by atoms with Crippen molar-refractivity contribution in [2.45, 2.75) is 13.8 Å². The van der Waals surface area contributed by atoms with E-state index in [-0.39, 0.29) is 5.28 Å². The molecule has 0 unspecified atom stereocenters. The molecule has 7 heteroatoms. The van der Waals surface area contributed by atoms with Gasteiger partial charge in [-0.05, 0) is 25.4 Å². The number of ether oxygens (including phenoxy) is 1. The minimum Gasteiger partial charge on any atom is -0.462 e. The van der Waals surface area contributed by atoms with Crippen molar-refractivity contribution >= 4 is 17.6 Å². The lowest BCUT2D eigenvalue weighted by molar-refractivity contribution is 0.0526. The molecule has 6 nitrogen and oxygen atoms in total. The molecule has 2 heterocycles. The smallest absolute Gasteiger partial charge is 0.341 e. The van der Waals surface area contributed by atoms with Crippen LogP contribution in [-0.2, 0) is 4.74 Å². The highest BCUT2D eigenvalue weighted by Crippen LogP contribution is 2.10. The molecule has 0 aliphatic heterocycles. The van der Waals surface area contributed by atoms with Crippen LogP contribution in [0.25, 0.3) is 5.82 Å². The third-order valence-electron chi connectivity index (χ3n) is 2.14. The maximum absolute atomic E-state index is 11.5. The minimum absolute atomic E-state index is 0.137. The molecule has 0 bridgehead atoms. The Balaban J connectivity index is 2.32. The Morgan fingerprint density at radius 2 is 2.28 bits per heavy atom. The Kier molecular flexibility index (Phi) is 3.57. The van der Waals surface area contributed by atoms with Gasteiger partial charge in [-0.25, -0.2) is 14.5 Å². The number of carbonyl (C=O) groups excluding carboxylic acids is 1. The van der Waals surface area contributed by atoms with E-state index in [9.17, 15) is 4.79 Å². The standard InChI is InChI=1S/C11H11ClN4O2/c1-3-18-10(17)8-5-13-16(6-8)9-4-7(2)14-11(12)15-9/h4-6H,3H2,1-2H3. The molecule has 0 atom stereocenters. The Morgan fingerprint density at radius 1 is 1.50 bits per heavy atom. The van der Waals surface area contributed by atoms with Crippen LogP contribution in [0.5, 0.6) is 0 Å². The van der Waals surface area contributed by atoms with Gasteiger partial charge in [-0.2, -0.15) is 10.1 Å². The lowest BCUT2D eigenvalue weighted by Gasteiger charge is -2.01. The van der Waals surface area contributed by atoms with E-state index in [0.29, 0.717) is 18.0 Å². The van der Waals surface area contributed by atoms with Crippen molar-refractivity contribution in [1.29, 1.82) is 0 Å². The highest BCUT2D eigenvalue weighted by Gasteiger charge is 2.11. The van der Waals surface area contributed by atoms with Gasteiger partial charge in [-0.15, -0.1) is 0 Å². The lowest BCUT2D eigenvalue weighted by Crippen LogP contribution is -2.04. The van der Waals surface area contributed by atoms with Crippen LogP contribution in [0.4, 0.5) is 0 Å². The van der Waals surface area contributed by atoms with Crippen LogP contribution in [-0.4, -0.2) is 32.3 Å². The van der Waals surface area contributed by atoms with E-state index in [0.717, 1.165) is 5.69 Å². The fourth-order valence-electron chi connectivity index (χ4n) is 1.40. The number of aromatic nitrogens is 4. The van der Waals surface area contributed by atoms with Crippen molar-refractivity contribution in [2.24, 2.45) is 0 Å². The molecule has 0 spiro atoms. The maximum atomic E-state index is 11.5. The first kappa shape index (κ1) is 12.5. The van der Waals surface area contributed by atoms with Crippen LogP contribution in [0.15, 0.2) is 18.5 Å². The summed E-state index contributed by atoms with van der Waals surface area (Å²) in [6, 6.07) is 1.72. The van der Waals surface area contributed by atoms with E-state index < -0.39 is 5.97 Å². The molecule has 0 N–H and O–H groups in total. The first-order valence-corrected chi connectivity index (χ1v) is 5.71. The van der Waals surface area contributed by atoms with Gasteiger partial charge in [0.2, 0.25) is 5.28 Å². The average Bonchev–Trinajstić information content (AvgIpc) is 2.77. The molecule has 0 aromatic carbocycles.